The first kappa shape index (κ1) is 12.2. The Kier molecular flexibility index (Phi) is 3.07. The molecule has 3 heterocycles. The zero-order chi connectivity index (χ0) is 21.6. The summed E-state index contributed by atoms with van der Waals surface area (Å²) in [6.45, 7) is 0. The second kappa shape index (κ2) is 6.57. The minimum Gasteiger partial charge on any atom is -0.332 e. The molecule has 1 amide bonds. The summed E-state index contributed by atoms with van der Waals surface area (Å²) in [7, 11) is 1.86. The first-order valence-electron chi connectivity index (χ1n) is 9.57. The fourth-order valence-electron chi connectivity index (χ4n) is 2.44. The molecular formula is C19H14ClN5O. The lowest BCUT2D eigenvalue weighted by Crippen LogP contribution is -2.12. The van der Waals surface area contributed by atoms with Gasteiger partial charge in [0.1, 0.15) is 5.82 Å². The summed E-state index contributed by atoms with van der Waals surface area (Å²) in [5.74, 6) is -0.613. The van der Waals surface area contributed by atoms with Crippen LogP contribution in [0.25, 0.3) is 22.2 Å². The number of imidazole rings is 1. The minimum absolute atomic E-state index is 0.196. The van der Waals surface area contributed by atoms with E-state index in [0.717, 1.165) is 16.5 Å². The molecule has 1 aromatic carbocycles. The smallest absolute Gasteiger partial charge is 0.256 e. The number of fused-ring (bicyclic) bond motifs is 1. The van der Waals surface area contributed by atoms with Crippen molar-refractivity contribution in [2.45, 2.75) is 0 Å². The lowest BCUT2D eigenvalue weighted by molar-refractivity contribution is 0.102. The highest BCUT2D eigenvalue weighted by molar-refractivity contribution is 6.30. The first-order valence-corrected chi connectivity index (χ1v) is 7.95. The predicted molar refractivity (Wildman–Crippen MR) is 101 cm³/mol. The number of hydrogen-bond acceptors (Lipinski definition) is 4. The minimum atomic E-state index is -0.809. The van der Waals surface area contributed by atoms with E-state index in [1.165, 1.54) is 0 Å². The summed E-state index contributed by atoms with van der Waals surface area (Å²) < 4.78 is 33.3. The largest absolute Gasteiger partial charge is 0.332 e. The van der Waals surface area contributed by atoms with E-state index < -0.39 is 35.6 Å². The second-order valence-corrected chi connectivity index (χ2v) is 5.90. The standard InChI is InChI=1S/C19H14ClN5O/c1-25-11-21-10-17(25)16-6-13-7-18(23-9-14(13)8-22-16)24-19(26)12-2-4-15(20)5-3-12/h2-11H,1H3,(H,23,24,26)/i2D,3D,4D,5D. The number of halogens is 1. The van der Waals surface area contributed by atoms with Crippen LogP contribution in [-0.4, -0.2) is 25.4 Å². The average Bonchev–Trinajstić information content (AvgIpc) is 3.16. The normalized spacial score (nSPS) is 13.0. The number of nitrogens with zero attached hydrogens (tertiary/aromatic N) is 4. The Morgan fingerprint density at radius 2 is 1.88 bits per heavy atom. The summed E-state index contributed by atoms with van der Waals surface area (Å²) >= 11 is 5.79. The average molecular weight is 368 g/mol. The molecule has 0 unspecified atom stereocenters. The van der Waals surface area contributed by atoms with Gasteiger partial charge in [-0.15, -0.1) is 0 Å². The predicted octanol–water partition coefficient (Wildman–Crippen LogP) is 3.94. The second-order valence-electron chi connectivity index (χ2n) is 5.52. The third-order valence-electron chi connectivity index (χ3n) is 3.75. The van der Waals surface area contributed by atoms with Crippen molar-refractivity contribution in [1.29, 1.82) is 0 Å². The Balaban J connectivity index is 1.71. The zero-order valence-corrected chi connectivity index (χ0v) is 14.3. The number of benzene rings is 1. The van der Waals surface area contributed by atoms with Gasteiger partial charge in [-0.2, -0.15) is 0 Å². The molecule has 0 radical (unpaired) electrons. The maximum Gasteiger partial charge on any atom is 0.256 e. The quantitative estimate of drug-likeness (QED) is 0.595. The van der Waals surface area contributed by atoms with Crippen molar-refractivity contribution in [3.63, 3.8) is 0 Å². The van der Waals surface area contributed by atoms with Crippen molar-refractivity contribution >= 4 is 34.1 Å². The Bertz CT molecular complexity index is 1300. The number of carbonyl (C=O) groups is 1. The summed E-state index contributed by atoms with van der Waals surface area (Å²) in [4.78, 5) is 25.3. The van der Waals surface area contributed by atoms with Crippen LogP contribution in [0.3, 0.4) is 0 Å². The van der Waals surface area contributed by atoms with Crippen LogP contribution in [0, 0.1) is 0 Å². The van der Waals surface area contributed by atoms with Gasteiger partial charge < -0.3 is 9.88 Å². The number of rotatable bonds is 3. The van der Waals surface area contributed by atoms with E-state index in [9.17, 15) is 4.79 Å². The molecule has 0 saturated heterocycles. The molecule has 7 heteroatoms. The third-order valence-corrected chi connectivity index (χ3v) is 3.93. The van der Waals surface area contributed by atoms with Crippen molar-refractivity contribution in [2.75, 3.05) is 5.32 Å². The Morgan fingerprint density at radius 3 is 2.62 bits per heavy atom. The molecule has 0 bridgehead atoms. The van der Waals surface area contributed by atoms with E-state index in [2.05, 4.69) is 20.3 Å². The van der Waals surface area contributed by atoms with Crippen molar-refractivity contribution in [3.05, 3.63) is 71.8 Å². The molecule has 6 nitrogen and oxygen atoms in total. The van der Waals surface area contributed by atoms with E-state index in [-0.39, 0.29) is 10.8 Å². The van der Waals surface area contributed by atoms with Crippen LogP contribution < -0.4 is 5.32 Å². The molecule has 4 aromatic rings. The number of pyridine rings is 2. The molecule has 0 aliphatic rings. The summed E-state index contributed by atoms with van der Waals surface area (Å²) in [5, 5.41) is 3.73. The van der Waals surface area contributed by atoms with Gasteiger partial charge in [-0.25, -0.2) is 9.97 Å². The molecule has 3 aromatic heterocycles. The van der Waals surface area contributed by atoms with Crippen molar-refractivity contribution in [1.82, 2.24) is 19.5 Å². The van der Waals surface area contributed by atoms with E-state index in [0.29, 0.717) is 5.69 Å². The SMILES string of the molecule is [2H]c1c([2H])c(C(=O)Nc2cc3cc(-c4cncn4C)ncc3cn2)c([2H])c([2H])c1Cl. The van der Waals surface area contributed by atoms with Gasteiger partial charge in [-0.1, -0.05) is 11.6 Å². The number of amides is 1. The van der Waals surface area contributed by atoms with E-state index in [4.69, 9.17) is 17.1 Å². The summed E-state index contributed by atoms with van der Waals surface area (Å²) in [6, 6.07) is 1.51. The third kappa shape index (κ3) is 3.14. The molecule has 0 aliphatic carbocycles. The lowest BCUT2D eigenvalue weighted by atomic mass is 10.1. The monoisotopic (exact) mass is 367 g/mol. The van der Waals surface area contributed by atoms with Crippen LogP contribution in [0.1, 0.15) is 15.8 Å². The highest BCUT2D eigenvalue weighted by Crippen LogP contribution is 2.23. The topological polar surface area (TPSA) is 72.7 Å². The van der Waals surface area contributed by atoms with Gasteiger partial charge in [0.05, 0.1) is 29.4 Å². The molecule has 128 valence electrons. The van der Waals surface area contributed by atoms with Crippen LogP contribution >= 0.6 is 11.6 Å². The van der Waals surface area contributed by atoms with Gasteiger partial charge in [-0.05, 0) is 41.7 Å². The fraction of sp³-hybridized carbons (Fsp3) is 0.0526. The maximum atomic E-state index is 12.7. The van der Waals surface area contributed by atoms with Gasteiger partial charge in [0, 0.05) is 35.4 Å². The van der Waals surface area contributed by atoms with Crippen molar-refractivity contribution in [3.8, 4) is 11.4 Å². The number of anilines is 1. The number of carbonyl (C=O) groups excluding carboxylic acids is 1. The zero-order valence-electron chi connectivity index (χ0n) is 17.5. The molecule has 0 aliphatic heterocycles. The number of aryl methyl sites for hydroxylation is 1. The van der Waals surface area contributed by atoms with Gasteiger partial charge in [0.25, 0.3) is 5.91 Å². The Hall–Kier alpha value is -3.25. The number of aromatic nitrogens is 4. The number of nitrogens with one attached hydrogen (secondary N) is 1. The Morgan fingerprint density at radius 1 is 1.12 bits per heavy atom. The molecular weight excluding hydrogens is 350 g/mol. The van der Waals surface area contributed by atoms with Crippen molar-refractivity contribution < 1.29 is 10.3 Å². The maximum absolute atomic E-state index is 12.7. The molecule has 4 rings (SSSR count). The Labute approximate surface area is 160 Å². The van der Waals surface area contributed by atoms with E-state index in [1.54, 1.807) is 31.0 Å². The van der Waals surface area contributed by atoms with Crippen LogP contribution in [0.4, 0.5) is 5.82 Å². The molecule has 0 saturated carbocycles. The lowest BCUT2D eigenvalue weighted by Gasteiger charge is -2.07. The van der Waals surface area contributed by atoms with Crippen LogP contribution in [0.5, 0.6) is 0 Å². The van der Waals surface area contributed by atoms with Gasteiger partial charge in [0.15, 0.2) is 0 Å². The van der Waals surface area contributed by atoms with Crippen molar-refractivity contribution in [2.24, 2.45) is 7.05 Å². The first-order chi connectivity index (χ1) is 14.3. The summed E-state index contributed by atoms with van der Waals surface area (Å²) in [6.07, 6.45) is 6.57. The molecule has 1 N–H and O–H groups in total. The van der Waals surface area contributed by atoms with Gasteiger partial charge in [0.2, 0.25) is 0 Å². The molecule has 0 spiro atoms. The van der Waals surface area contributed by atoms with E-state index >= 15 is 0 Å². The highest BCUT2D eigenvalue weighted by atomic mass is 35.5. The van der Waals surface area contributed by atoms with Gasteiger partial charge in [-0.3, -0.25) is 9.78 Å². The molecule has 0 fully saturated rings. The van der Waals surface area contributed by atoms with Crippen LogP contribution in [-0.2, 0) is 7.05 Å². The van der Waals surface area contributed by atoms with Gasteiger partial charge >= 0.3 is 0 Å². The molecule has 0 atom stereocenters. The highest BCUT2D eigenvalue weighted by Gasteiger charge is 2.09. The summed E-state index contributed by atoms with van der Waals surface area (Å²) in [5.41, 5.74) is 1.12. The fourth-order valence-corrected chi connectivity index (χ4v) is 2.53. The molecule has 26 heavy (non-hydrogen) atoms. The van der Waals surface area contributed by atoms with Crippen LogP contribution in [0.15, 0.2) is 61.2 Å². The van der Waals surface area contributed by atoms with Crippen LogP contribution in [0.2, 0.25) is 5.02 Å². The number of hydrogen-bond donors (Lipinski definition) is 1. The van der Waals surface area contributed by atoms with E-state index in [1.807, 2.05) is 17.7 Å².